The number of aryl methyl sites for hydroxylation is 1. The van der Waals surface area contributed by atoms with Crippen molar-refractivity contribution < 1.29 is 0 Å². The summed E-state index contributed by atoms with van der Waals surface area (Å²) in [4.78, 5) is 0.959. The van der Waals surface area contributed by atoms with Gasteiger partial charge in [-0.15, -0.1) is 12.6 Å². The first-order chi connectivity index (χ1) is 7.74. The molecule has 1 heteroatoms. The summed E-state index contributed by atoms with van der Waals surface area (Å²) in [5.41, 5.74) is 3.31. The van der Waals surface area contributed by atoms with Crippen LogP contribution in [0, 0.1) is 18.8 Å². The van der Waals surface area contributed by atoms with Gasteiger partial charge in [0.05, 0.1) is 0 Å². The van der Waals surface area contributed by atoms with E-state index >= 15 is 0 Å². The van der Waals surface area contributed by atoms with Crippen molar-refractivity contribution in [2.75, 3.05) is 0 Å². The van der Waals surface area contributed by atoms with E-state index in [1.165, 1.54) is 5.56 Å². The average Bonchev–Trinajstić information content (AvgIpc) is 2.30. The maximum absolute atomic E-state index is 4.23. The van der Waals surface area contributed by atoms with Gasteiger partial charge in [-0.25, -0.2) is 0 Å². The summed E-state index contributed by atoms with van der Waals surface area (Å²) in [5, 5.41) is 0. The maximum Gasteiger partial charge on any atom is 0.0249 e. The number of thiol groups is 1. The van der Waals surface area contributed by atoms with Crippen LogP contribution < -0.4 is 0 Å². The lowest BCUT2D eigenvalue weighted by atomic mass is 10.1. The summed E-state index contributed by atoms with van der Waals surface area (Å²) in [6.07, 6.45) is 0. The fourth-order valence-electron chi connectivity index (χ4n) is 1.33. The third-order valence-corrected chi connectivity index (χ3v) is 2.57. The van der Waals surface area contributed by atoms with Gasteiger partial charge in [-0.3, -0.25) is 0 Å². The number of rotatable bonds is 0. The van der Waals surface area contributed by atoms with E-state index in [1.807, 2.05) is 36.4 Å². The minimum Gasteiger partial charge on any atom is -0.143 e. The minimum atomic E-state index is 0.959. The fraction of sp³-hybridized carbons (Fsp3) is 0.0667. The lowest BCUT2D eigenvalue weighted by Crippen LogP contribution is -1.77. The average molecular weight is 224 g/mol. The smallest absolute Gasteiger partial charge is 0.0249 e. The van der Waals surface area contributed by atoms with E-state index in [4.69, 9.17) is 0 Å². The second kappa shape index (κ2) is 4.92. The first-order valence-corrected chi connectivity index (χ1v) is 5.56. The quantitative estimate of drug-likeness (QED) is 0.512. The van der Waals surface area contributed by atoms with Crippen LogP contribution in [0.3, 0.4) is 0 Å². The van der Waals surface area contributed by atoms with Crippen LogP contribution in [-0.2, 0) is 0 Å². The first-order valence-electron chi connectivity index (χ1n) is 5.12. The Morgan fingerprint density at radius 2 is 1.19 bits per heavy atom. The molecular formula is C15H12S. The molecule has 0 heterocycles. The topological polar surface area (TPSA) is 0 Å². The molecule has 0 saturated heterocycles. The van der Waals surface area contributed by atoms with E-state index in [0.717, 1.165) is 16.0 Å². The van der Waals surface area contributed by atoms with Crippen molar-refractivity contribution in [3.8, 4) is 11.8 Å². The third kappa shape index (κ3) is 2.92. The summed E-state index contributed by atoms with van der Waals surface area (Å²) < 4.78 is 0. The normalized spacial score (nSPS) is 9.38. The number of hydrogen-bond acceptors (Lipinski definition) is 1. The van der Waals surface area contributed by atoms with Crippen LogP contribution in [0.4, 0.5) is 0 Å². The molecule has 2 aromatic rings. The highest BCUT2D eigenvalue weighted by molar-refractivity contribution is 7.80. The van der Waals surface area contributed by atoms with Gasteiger partial charge < -0.3 is 0 Å². The van der Waals surface area contributed by atoms with Gasteiger partial charge in [0.15, 0.2) is 0 Å². The van der Waals surface area contributed by atoms with Gasteiger partial charge in [0.1, 0.15) is 0 Å². The minimum absolute atomic E-state index is 0.959. The van der Waals surface area contributed by atoms with Gasteiger partial charge in [-0.1, -0.05) is 29.5 Å². The van der Waals surface area contributed by atoms with Crippen LogP contribution in [-0.4, -0.2) is 0 Å². The molecule has 16 heavy (non-hydrogen) atoms. The monoisotopic (exact) mass is 224 g/mol. The third-order valence-electron chi connectivity index (χ3n) is 2.27. The van der Waals surface area contributed by atoms with Gasteiger partial charge >= 0.3 is 0 Å². The zero-order chi connectivity index (χ0) is 11.4. The Balaban J connectivity index is 2.21. The van der Waals surface area contributed by atoms with E-state index in [0.29, 0.717) is 0 Å². The van der Waals surface area contributed by atoms with Gasteiger partial charge in [0.2, 0.25) is 0 Å². The number of hydrogen-bond donors (Lipinski definition) is 1. The van der Waals surface area contributed by atoms with Gasteiger partial charge in [-0.2, -0.15) is 0 Å². The molecule has 0 aliphatic heterocycles. The van der Waals surface area contributed by atoms with Crippen LogP contribution in [0.2, 0.25) is 0 Å². The van der Waals surface area contributed by atoms with Crippen molar-refractivity contribution in [3.63, 3.8) is 0 Å². The summed E-state index contributed by atoms with van der Waals surface area (Å²) in [6.45, 7) is 2.07. The molecule has 0 N–H and O–H groups in total. The number of benzene rings is 2. The molecule has 78 valence electrons. The van der Waals surface area contributed by atoms with Crippen LogP contribution >= 0.6 is 12.6 Å². The van der Waals surface area contributed by atoms with Crippen LogP contribution in [0.1, 0.15) is 16.7 Å². The van der Waals surface area contributed by atoms with Crippen LogP contribution in [0.15, 0.2) is 53.4 Å². The second-order valence-corrected chi connectivity index (χ2v) is 4.18. The van der Waals surface area contributed by atoms with Gasteiger partial charge in [0.25, 0.3) is 0 Å². The van der Waals surface area contributed by atoms with Gasteiger partial charge in [-0.05, 0) is 43.3 Å². The molecule has 0 aliphatic rings. The highest BCUT2D eigenvalue weighted by Gasteiger charge is 1.88. The Morgan fingerprint density at radius 1 is 0.750 bits per heavy atom. The molecule has 0 radical (unpaired) electrons. The molecule has 0 nitrogen and oxygen atoms in total. The molecule has 2 aromatic carbocycles. The standard InChI is InChI=1S/C15H12S/c1-12-2-4-13(5-3-12)6-7-14-8-10-15(16)11-9-14/h2-5,8-11,16H,1H3. The van der Waals surface area contributed by atoms with E-state index < -0.39 is 0 Å². The maximum atomic E-state index is 4.23. The van der Waals surface area contributed by atoms with Crippen molar-refractivity contribution in [2.24, 2.45) is 0 Å². The van der Waals surface area contributed by atoms with Crippen molar-refractivity contribution in [1.82, 2.24) is 0 Å². The molecule has 0 aromatic heterocycles. The predicted octanol–water partition coefficient (Wildman–Crippen LogP) is 3.68. The molecule has 0 amide bonds. The van der Waals surface area contributed by atoms with Crippen molar-refractivity contribution >= 4 is 12.6 Å². The summed E-state index contributed by atoms with van der Waals surface area (Å²) >= 11 is 4.23. The summed E-state index contributed by atoms with van der Waals surface area (Å²) in [5.74, 6) is 6.26. The lowest BCUT2D eigenvalue weighted by molar-refractivity contribution is 1.45. The van der Waals surface area contributed by atoms with E-state index in [9.17, 15) is 0 Å². The Hall–Kier alpha value is -1.65. The van der Waals surface area contributed by atoms with Gasteiger partial charge in [0, 0.05) is 16.0 Å². The molecular weight excluding hydrogens is 212 g/mol. The van der Waals surface area contributed by atoms with Crippen molar-refractivity contribution in [1.29, 1.82) is 0 Å². The molecule has 0 spiro atoms. The molecule has 0 saturated carbocycles. The Bertz CT molecular complexity index is 475. The van der Waals surface area contributed by atoms with E-state index in [2.05, 4.69) is 43.5 Å². The van der Waals surface area contributed by atoms with Crippen LogP contribution in [0.5, 0.6) is 0 Å². The molecule has 0 fully saturated rings. The van der Waals surface area contributed by atoms with Crippen molar-refractivity contribution in [2.45, 2.75) is 11.8 Å². The highest BCUT2D eigenvalue weighted by Crippen LogP contribution is 2.07. The zero-order valence-corrected chi connectivity index (χ0v) is 9.96. The summed E-state index contributed by atoms with van der Waals surface area (Å²) in [6, 6.07) is 16.1. The van der Waals surface area contributed by atoms with E-state index in [1.54, 1.807) is 0 Å². The molecule has 0 atom stereocenters. The molecule has 0 aliphatic carbocycles. The highest BCUT2D eigenvalue weighted by atomic mass is 32.1. The largest absolute Gasteiger partial charge is 0.143 e. The molecule has 0 unspecified atom stereocenters. The lowest BCUT2D eigenvalue weighted by Gasteiger charge is -1.93. The van der Waals surface area contributed by atoms with Crippen molar-refractivity contribution in [3.05, 3.63) is 65.2 Å². The molecule has 0 bridgehead atoms. The fourth-order valence-corrected chi connectivity index (χ4v) is 1.48. The predicted molar refractivity (Wildman–Crippen MR) is 70.9 cm³/mol. The molecule has 2 rings (SSSR count). The zero-order valence-electron chi connectivity index (χ0n) is 9.07. The Kier molecular flexibility index (Phi) is 3.34. The Labute approximate surface area is 102 Å². The van der Waals surface area contributed by atoms with E-state index in [-0.39, 0.29) is 0 Å². The first kappa shape index (κ1) is 10.9. The Morgan fingerprint density at radius 3 is 1.69 bits per heavy atom. The SMILES string of the molecule is Cc1ccc(C#Cc2ccc(S)cc2)cc1. The summed E-state index contributed by atoms with van der Waals surface area (Å²) in [7, 11) is 0. The second-order valence-electron chi connectivity index (χ2n) is 3.66. The van der Waals surface area contributed by atoms with Crippen LogP contribution in [0.25, 0.3) is 0 Å².